The smallest absolute Gasteiger partial charge is 0.258 e. The lowest BCUT2D eigenvalue weighted by atomic mass is 10.1. The Bertz CT molecular complexity index is 313. The molecule has 17 heavy (non-hydrogen) atoms. The quantitative estimate of drug-likeness (QED) is 0.700. The summed E-state index contributed by atoms with van der Waals surface area (Å²) in [5.41, 5.74) is 0.940. The van der Waals surface area contributed by atoms with E-state index >= 15 is 0 Å². The Morgan fingerprint density at radius 1 is 0.706 bits per heavy atom. The third-order valence-electron chi connectivity index (χ3n) is 1.64. The van der Waals surface area contributed by atoms with Crippen LogP contribution in [-0.4, -0.2) is 11.8 Å². The molecule has 0 unspecified atom stereocenters. The second-order valence-corrected chi connectivity index (χ2v) is 2.33. The molecule has 1 aliphatic heterocycles. The second-order valence-electron chi connectivity index (χ2n) is 2.33. The summed E-state index contributed by atoms with van der Waals surface area (Å²) in [5, 5.41) is 2.20. The fraction of sp³-hybridized carbons (Fsp3) is 0.429. The third-order valence-corrected chi connectivity index (χ3v) is 1.64. The average molecular weight is 237 g/mol. The van der Waals surface area contributed by atoms with E-state index in [0.29, 0.717) is 11.1 Å². The van der Waals surface area contributed by atoms with E-state index in [0.717, 1.165) is 0 Å². The van der Waals surface area contributed by atoms with Crippen LogP contribution >= 0.6 is 0 Å². The number of fused-ring (bicyclic) bond motifs is 1. The minimum Gasteiger partial charge on any atom is -0.288 e. The van der Waals surface area contributed by atoms with Crippen molar-refractivity contribution in [3.63, 3.8) is 0 Å². The summed E-state index contributed by atoms with van der Waals surface area (Å²) in [6.07, 6.45) is 0. The van der Waals surface area contributed by atoms with Gasteiger partial charge in [-0.2, -0.15) is 0 Å². The van der Waals surface area contributed by atoms with Crippen molar-refractivity contribution in [2.45, 2.75) is 41.5 Å². The fourth-order valence-electron chi connectivity index (χ4n) is 1.12. The van der Waals surface area contributed by atoms with Gasteiger partial charge in [0.1, 0.15) is 0 Å². The van der Waals surface area contributed by atoms with Crippen LogP contribution < -0.4 is 5.32 Å². The van der Waals surface area contributed by atoms with Crippen molar-refractivity contribution < 1.29 is 9.59 Å². The lowest BCUT2D eigenvalue weighted by Crippen LogP contribution is -2.19. The van der Waals surface area contributed by atoms with E-state index in [2.05, 4.69) is 5.32 Å². The maximum absolute atomic E-state index is 10.9. The highest BCUT2D eigenvalue weighted by molar-refractivity contribution is 6.21. The van der Waals surface area contributed by atoms with Crippen molar-refractivity contribution in [1.82, 2.24) is 5.32 Å². The Balaban J connectivity index is 0. The molecule has 2 amide bonds. The molecule has 0 saturated heterocycles. The largest absolute Gasteiger partial charge is 0.288 e. The standard InChI is InChI=1S/C8H5NO2.3C2H6/c10-7-5-3-1-2-4-6(5)8(11)9-7;3*1-2/h1-4H,(H,9,10,11);3*1-2H3. The predicted octanol–water partition coefficient (Wildman–Crippen LogP) is 3.65. The van der Waals surface area contributed by atoms with Gasteiger partial charge in [-0.3, -0.25) is 14.9 Å². The molecule has 0 saturated carbocycles. The lowest BCUT2D eigenvalue weighted by molar-refractivity contribution is 0.0879. The van der Waals surface area contributed by atoms with Gasteiger partial charge >= 0.3 is 0 Å². The van der Waals surface area contributed by atoms with Crippen LogP contribution in [0, 0.1) is 0 Å². The minimum atomic E-state index is -0.300. The van der Waals surface area contributed by atoms with Gasteiger partial charge in [0.2, 0.25) is 0 Å². The molecule has 3 nitrogen and oxygen atoms in total. The number of amides is 2. The topological polar surface area (TPSA) is 46.2 Å². The minimum absolute atomic E-state index is 0.300. The molecule has 0 radical (unpaired) electrons. The maximum atomic E-state index is 10.9. The highest BCUT2D eigenvalue weighted by atomic mass is 16.2. The summed E-state index contributed by atoms with van der Waals surface area (Å²) >= 11 is 0. The van der Waals surface area contributed by atoms with Crippen LogP contribution in [0.3, 0.4) is 0 Å². The van der Waals surface area contributed by atoms with Gasteiger partial charge in [0.15, 0.2) is 0 Å². The van der Waals surface area contributed by atoms with Crippen LogP contribution in [-0.2, 0) is 0 Å². The molecule has 0 fully saturated rings. The Labute approximate surface area is 104 Å². The van der Waals surface area contributed by atoms with Gasteiger partial charge in [-0.15, -0.1) is 0 Å². The molecule has 0 spiro atoms. The number of hydrogen-bond acceptors (Lipinski definition) is 2. The number of hydrogen-bond donors (Lipinski definition) is 1. The number of imide groups is 1. The first-order chi connectivity index (χ1) is 8.29. The number of benzene rings is 1. The first-order valence-corrected chi connectivity index (χ1v) is 6.24. The molecule has 3 heteroatoms. The van der Waals surface area contributed by atoms with E-state index < -0.39 is 0 Å². The molecule has 96 valence electrons. The van der Waals surface area contributed by atoms with Gasteiger partial charge in [0.25, 0.3) is 11.8 Å². The van der Waals surface area contributed by atoms with Crippen molar-refractivity contribution >= 4 is 11.8 Å². The van der Waals surface area contributed by atoms with E-state index in [1.807, 2.05) is 41.5 Å². The van der Waals surface area contributed by atoms with Crippen LogP contribution in [0.1, 0.15) is 62.3 Å². The summed E-state index contributed by atoms with van der Waals surface area (Å²) in [6.45, 7) is 12.0. The third kappa shape index (κ3) is 4.81. The Kier molecular flexibility index (Phi) is 11.3. The number of nitrogens with one attached hydrogen (secondary N) is 1. The van der Waals surface area contributed by atoms with Gasteiger partial charge in [-0.05, 0) is 12.1 Å². The number of rotatable bonds is 0. The van der Waals surface area contributed by atoms with Crippen molar-refractivity contribution in [2.75, 3.05) is 0 Å². The zero-order valence-electron chi connectivity index (χ0n) is 11.6. The van der Waals surface area contributed by atoms with Crippen LogP contribution in [0.15, 0.2) is 24.3 Å². The van der Waals surface area contributed by atoms with E-state index in [1.165, 1.54) is 0 Å². The molecule has 1 N–H and O–H groups in total. The molecule has 0 bridgehead atoms. The van der Waals surface area contributed by atoms with Gasteiger partial charge < -0.3 is 0 Å². The summed E-state index contributed by atoms with van der Waals surface area (Å²) < 4.78 is 0. The van der Waals surface area contributed by atoms with E-state index in [4.69, 9.17) is 0 Å². The Hall–Kier alpha value is -1.64. The van der Waals surface area contributed by atoms with Crippen LogP contribution in [0.5, 0.6) is 0 Å². The zero-order valence-corrected chi connectivity index (χ0v) is 11.6. The zero-order chi connectivity index (χ0) is 13.8. The Morgan fingerprint density at radius 3 is 1.29 bits per heavy atom. The summed E-state index contributed by atoms with van der Waals surface area (Å²) in [4.78, 5) is 21.9. The lowest BCUT2D eigenvalue weighted by Gasteiger charge is -1.88. The van der Waals surface area contributed by atoms with Crippen molar-refractivity contribution in [3.05, 3.63) is 35.4 Å². The molecule has 1 aromatic carbocycles. The molecule has 1 aliphatic rings. The van der Waals surface area contributed by atoms with Crippen LogP contribution in [0.2, 0.25) is 0 Å². The molecule has 2 rings (SSSR count). The molecular formula is C14H23NO2. The molecule has 0 atom stereocenters. The fourth-order valence-corrected chi connectivity index (χ4v) is 1.12. The summed E-state index contributed by atoms with van der Waals surface area (Å²) in [6, 6.07) is 6.74. The number of carbonyl (C=O) groups excluding carboxylic acids is 2. The SMILES string of the molecule is CC.CC.CC.O=C1NC(=O)c2ccccc21. The number of carbonyl (C=O) groups is 2. The van der Waals surface area contributed by atoms with Crippen molar-refractivity contribution in [3.8, 4) is 0 Å². The highest BCUT2D eigenvalue weighted by Gasteiger charge is 2.25. The van der Waals surface area contributed by atoms with Crippen molar-refractivity contribution in [2.24, 2.45) is 0 Å². The second kappa shape index (κ2) is 10.9. The monoisotopic (exact) mass is 237 g/mol. The van der Waals surface area contributed by atoms with Crippen LogP contribution in [0.25, 0.3) is 0 Å². The molecule has 0 aliphatic carbocycles. The van der Waals surface area contributed by atoms with Gasteiger partial charge in [-0.25, -0.2) is 0 Å². The summed E-state index contributed by atoms with van der Waals surface area (Å²) in [7, 11) is 0. The summed E-state index contributed by atoms with van der Waals surface area (Å²) in [5.74, 6) is -0.601. The van der Waals surface area contributed by atoms with E-state index in [9.17, 15) is 9.59 Å². The maximum Gasteiger partial charge on any atom is 0.258 e. The first kappa shape index (κ1) is 17.7. The first-order valence-electron chi connectivity index (χ1n) is 6.24. The Morgan fingerprint density at radius 2 is 1.00 bits per heavy atom. The normalized spacial score (nSPS) is 10.5. The average Bonchev–Trinajstić information content (AvgIpc) is 2.73. The van der Waals surface area contributed by atoms with E-state index in [-0.39, 0.29) is 11.8 Å². The van der Waals surface area contributed by atoms with Gasteiger partial charge in [0, 0.05) is 0 Å². The van der Waals surface area contributed by atoms with Crippen molar-refractivity contribution in [1.29, 1.82) is 0 Å². The molecular weight excluding hydrogens is 214 g/mol. The highest BCUT2D eigenvalue weighted by Crippen LogP contribution is 2.13. The molecule has 0 aromatic heterocycles. The van der Waals surface area contributed by atoms with Gasteiger partial charge in [-0.1, -0.05) is 53.7 Å². The molecule has 1 heterocycles. The predicted molar refractivity (Wildman–Crippen MR) is 72.3 cm³/mol. The van der Waals surface area contributed by atoms with Crippen LogP contribution in [0.4, 0.5) is 0 Å². The molecule has 1 aromatic rings. The van der Waals surface area contributed by atoms with Gasteiger partial charge in [0.05, 0.1) is 11.1 Å². The van der Waals surface area contributed by atoms with E-state index in [1.54, 1.807) is 24.3 Å².